The fourth-order valence-corrected chi connectivity index (χ4v) is 3.99. The van der Waals surface area contributed by atoms with Gasteiger partial charge < -0.3 is 14.9 Å². The van der Waals surface area contributed by atoms with Crippen LogP contribution in [0, 0.1) is 10.1 Å². The normalized spacial score (nSPS) is 15.9. The van der Waals surface area contributed by atoms with Crippen molar-refractivity contribution in [1.82, 2.24) is 0 Å². The third kappa shape index (κ3) is 3.38. The predicted molar refractivity (Wildman–Crippen MR) is 118 cm³/mol. The maximum absolute atomic E-state index is 13.4. The average Bonchev–Trinajstić information content (AvgIpc) is 3.05. The molecule has 1 atom stereocenters. The Labute approximate surface area is 185 Å². The lowest BCUT2D eigenvalue weighted by Crippen LogP contribution is -2.31. The van der Waals surface area contributed by atoms with Crippen molar-refractivity contribution in [2.45, 2.75) is 12.3 Å². The van der Waals surface area contributed by atoms with Crippen LogP contribution in [0.1, 0.15) is 23.5 Å². The van der Waals surface area contributed by atoms with Gasteiger partial charge in [-0.05, 0) is 23.8 Å². The number of carbonyl (C=O) groups is 2. The number of methoxy groups -OCH3 is 1. The summed E-state index contributed by atoms with van der Waals surface area (Å²) in [4.78, 5) is 50.1. The number of imide groups is 1. The first-order valence-corrected chi connectivity index (χ1v) is 9.69. The lowest BCUT2D eigenvalue weighted by molar-refractivity contribution is -0.384. The van der Waals surface area contributed by atoms with Gasteiger partial charge >= 0.3 is 5.63 Å². The fraction of sp³-hybridized carbons (Fsp3) is 0.143. The highest BCUT2D eigenvalue weighted by atomic mass is 32.1. The minimum Gasteiger partial charge on any atom is -0.497 e. The Morgan fingerprint density at radius 1 is 1.25 bits per heavy atom. The van der Waals surface area contributed by atoms with E-state index in [9.17, 15) is 24.5 Å². The van der Waals surface area contributed by atoms with E-state index < -0.39 is 28.3 Å². The van der Waals surface area contributed by atoms with Crippen molar-refractivity contribution < 1.29 is 23.7 Å². The van der Waals surface area contributed by atoms with E-state index in [1.54, 1.807) is 18.2 Å². The Bertz CT molecular complexity index is 1380. The zero-order valence-electron chi connectivity index (χ0n) is 16.6. The fourth-order valence-electron chi connectivity index (χ4n) is 3.80. The number of thiocarbonyl (C=S) groups is 1. The van der Waals surface area contributed by atoms with Gasteiger partial charge in [0.2, 0.25) is 11.8 Å². The zero-order valence-corrected chi connectivity index (χ0v) is 17.4. The number of hydrogen-bond acceptors (Lipinski definition) is 8. The molecule has 1 fully saturated rings. The number of nitro groups is 1. The van der Waals surface area contributed by atoms with E-state index in [1.165, 1.54) is 31.4 Å². The molecule has 0 unspecified atom stereocenters. The maximum atomic E-state index is 13.4. The second-order valence-corrected chi connectivity index (χ2v) is 7.45. The number of nitrogens with two attached hydrogens (primary N) is 1. The topological polar surface area (TPSA) is 146 Å². The Balaban J connectivity index is 1.95. The number of fused-ring (bicyclic) bond motifs is 1. The first-order chi connectivity index (χ1) is 15.2. The molecule has 162 valence electrons. The summed E-state index contributed by atoms with van der Waals surface area (Å²) in [6, 6.07) is 9.96. The molecule has 1 saturated heterocycles. The second kappa shape index (κ2) is 7.85. The van der Waals surface area contributed by atoms with Gasteiger partial charge in [0.15, 0.2) is 0 Å². The van der Waals surface area contributed by atoms with Crippen LogP contribution >= 0.6 is 12.2 Å². The van der Waals surface area contributed by atoms with Crippen molar-refractivity contribution in [1.29, 1.82) is 0 Å². The molecule has 0 saturated carbocycles. The summed E-state index contributed by atoms with van der Waals surface area (Å²) >= 11 is 5.00. The highest BCUT2D eigenvalue weighted by Gasteiger charge is 2.43. The standard InChI is InChI=1S/C21H15N3O7S/c1-30-12-4-2-3-10(7-12)23-16(25)9-14(20(23)26)17-13-8-11(24(28)29)5-6-15(13)31-21(27)18(17)19(22)32/h2-8,14H,9H2,1H3,(H2,22,32)/t14-/m0/s1. The van der Waals surface area contributed by atoms with Crippen molar-refractivity contribution in [2.75, 3.05) is 12.0 Å². The molecule has 0 spiro atoms. The number of carbonyl (C=O) groups excluding carboxylic acids is 2. The smallest absolute Gasteiger partial charge is 0.346 e. The largest absolute Gasteiger partial charge is 0.497 e. The average molecular weight is 453 g/mol. The summed E-state index contributed by atoms with van der Waals surface area (Å²) in [5.41, 5.74) is 4.64. The molecule has 32 heavy (non-hydrogen) atoms. The van der Waals surface area contributed by atoms with Gasteiger partial charge in [-0.3, -0.25) is 19.7 Å². The van der Waals surface area contributed by atoms with E-state index >= 15 is 0 Å². The van der Waals surface area contributed by atoms with E-state index in [4.69, 9.17) is 27.1 Å². The van der Waals surface area contributed by atoms with Gasteiger partial charge in [-0.25, -0.2) is 9.69 Å². The molecule has 2 amide bonds. The van der Waals surface area contributed by atoms with E-state index in [0.717, 1.165) is 4.90 Å². The van der Waals surface area contributed by atoms with Crippen LogP contribution in [0.4, 0.5) is 11.4 Å². The minimum absolute atomic E-state index is 0.00989. The molecule has 1 aliphatic rings. The van der Waals surface area contributed by atoms with Crippen LogP contribution in [0.5, 0.6) is 5.75 Å². The molecule has 2 N–H and O–H groups in total. The molecule has 1 aromatic heterocycles. The SMILES string of the molecule is COc1cccc(N2C(=O)C[C@@H](c3c(C(N)=S)c(=O)oc4ccc([N+](=O)[O-])cc34)C2=O)c1. The molecule has 10 nitrogen and oxygen atoms in total. The Kier molecular flexibility index (Phi) is 5.18. The summed E-state index contributed by atoms with van der Waals surface area (Å²) in [5, 5.41) is 11.4. The number of nitrogens with zero attached hydrogens (tertiary/aromatic N) is 2. The summed E-state index contributed by atoms with van der Waals surface area (Å²) in [5.74, 6) is -1.84. The van der Waals surface area contributed by atoms with Crippen molar-refractivity contribution in [3.05, 3.63) is 74.1 Å². The number of ether oxygens (including phenoxy) is 1. The van der Waals surface area contributed by atoms with Crippen LogP contribution in [0.2, 0.25) is 0 Å². The van der Waals surface area contributed by atoms with Gasteiger partial charge in [0.25, 0.3) is 5.69 Å². The predicted octanol–water partition coefficient (Wildman–Crippen LogP) is 2.39. The van der Waals surface area contributed by atoms with Crippen LogP contribution < -0.4 is 21.0 Å². The highest BCUT2D eigenvalue weighted by molar-refractivity contribution is 7.80. The molecular weight excluding hydrogens is 438 g/mol. The summed E-state index contributed by atoms with van der Waals surface area (Å²) in [6.45, 7) is 0. The van der Waals surface area contributed by atoms with Crippen LogP contribution in [0.3, 0.4) is 0 Å². The van der Waals surface area contributed by atoms with Gasteiger partial charge in [0.1, 0.15) is 16.3 Å². The molecule has 1 aliphatic heterocycles. The zero-order chi connectivity index (χ0) is 23.2. The number of benzene rings is 2. The van der Waals surface area contributed by atoms with Gasteiger partial charge in [-0.15, -0.1) is 0 Å². The first kappa shape index (κ1) is 21.1. The summed E-state index contributed by atoms with van der Waals surface area (Å²) < 4.78 is 10.4. The number of nitro benzene ring substituents is 1. The van der Waals surface area contributed by atoms with Crippen molar-refractivity contribution in [3.63, 3.8) is 0 Å². The van der Waals surface area contributed by atoms with E-state index in [1.807, 2.05) is 0 Å². The van der Waals surface area contributed by atoms with E-state index in [2.05, 4.69) is 0 Å². The quantitative estimate of drug-likeness (QED) is 0.202. The first-order valence-electron chi connectivity index (χ1n) is 9.28. The molecule has 2 heterocycles. The maximum Gasteiger partial charge on any atom is 0.346 e. The molecule has 2 aromatic carbocycles. The number of amides is 2. The van der Waals surface area contributed by atoms with Gasteiger partial charge in [0.05, 0.1) is 29.2 Å². The third-order valence-electron chi connectivity index (χ3n) is 5.19. The highest BCUT2D eigenvalue weighted by Crippen LogP contribution is 2.39. The minimum atomic E-state index is -1.14. The van der Waals surface area contributed by atoms with E-state index in [0.29, 0.717) is 5.75 Å². The number of non-ortho nitro benzene ring substituents is 1. The number of hydrogen-bond donors (Lipinski definition) is 1. The van der Waals surface area contributed by atoms with E-state index in [-0.39, 0.29) is 44.9 Å². The van der Waals surface area contributed by atoms with Gasteiger partial charge in [-0.1, -0.05) is 18.3 Å². The van der Waals surface area contributed by atoms with Crippen LogP contribution in [0.25, 0.3) is 11.0 Å². The molecule has 0 bridgehead atoms. The Morgan fingerprint density at radius 2 is 2.00 bits per heavy atom. The number of anilines is 1. The molecule has 0 radical (unpaired) electrons. The molecule has 3 aromatic rings. The lowest BCUT2D eigenvalue weighted by atomic mass is 9.90. The number of rotatable bonds is 5. The van der Waals surface area contributed by atoms with Crippen molar-refractivity contribution >= 4 is 51.4 Å². The van der Waals surface area contributed by atoms with Crippen LogP contribution in [0.15, 0.2) is 51.7 Å². The van der Waals surface area contributed by atoms with Gasteiger partial charge in [0, 0.05) is 30.0 Å². The molecule has 4 rings (SSSR count). The summed E-state index contributed by atoms with van der Waals surface area (Å²) in [7, 11) is 1.45. The Morgan fingerprint density at radius 3 is 2.66 bits per heavy atom. The van der Waals surface area contributed by atoms with Crippen LogP contribution in [-0.4, -0.2) is 28.8 Å². The molecule has 0 aliphatic carbocycles. The van der Waals surface area contributed by atoms with Crippen molar-refractivity contribution in [2.24, 2.45) is 5.73 Å². The monoisotopic (exact) mass is 453 g/mol. The third-order valence-corrected chi connectivity index (χ3v) is 5.40. The van der Waals surface area contributed by atoms with Crippen LogP contribution in [-0.2, 0) is 9.59 Å². The van der Waals surface area contributed by atoms with Gasteiger partial charge in [-0.2, -0.15) is 0 Å². The molecule has 11 heteroatoms. The Hall–Kier alpha value is -4.12. The summed E-state index contributed by atoms with van der Waals surface area (Å²) in [6.07, 6.45) is -0.285. The lowest BCUT2D eigenvalue weighted by Gasteiger charge is -2.18. The van der Waals surface area contributed by atoms with Crippen molar-refractivity contribution in [3.8, 4) is 5.75 Å². The second-order valence-electron chi connectivity index (χ2n) is 7.01. The molecular formula is C21H15N3O7S.